The smallest absolute Gasteiger partial charge is 0.326 e. The number of carbonyl (C=O) groups excluding carboxylic acids is 1. The summed E-state index contributed by atoms with van der Waals surface area (Å²) in [6, 6.07) is 23.8. The molecule has 10 heteroatoms. The number of likely N-dealkylation sites (tertiary alicyclic amines) is 1. The largest absolute Gasteiger partial charge is 0.392 e. The molecule has 4 bridgehead atoms. The molecule has 4 aromatic rings. The Morgan fingerprint density at radius 1 is 0.885 bits per heavy atom. The van der Waals surface area contributed by atoms with E-state index in [4.69, 9.17) is 9.47 Å². The zero-order valence-corrected chi connectivity index (χ0v) is 30.0. The number of hydrogen-bond acceptors (Lipinski definition) is 6. The van der Waals surface area contributed by atoms with Gasteiger partial charge < -0.3 is 35.1 Å². The molecule has 4 atom stereocenters. The highest BCUT2D eigenvalue weighted by molar-refractivity contribution is 5.89. The van der Waals surface area contributed by atoms with Gasteiger partial charge in [0.2, 0.25) is 0 Å². The van der Waals surface area contributed by atoms with Gasteiger partial charge >= 0.3 is 11.7 Å². The van der Waals surface area contributed by atoms with Crippen molar-refractivity contribution in [2.75, 3.05) is 25.0 Å². The summed E-state index contributed by atoms with van der Waals surface area (Å²) in [5.74, 6) is 2.38. The highest BCUT2D eigenvalue weighted by atomic mass is 16.7. The number of aliphatic hydroxyl groups excluding tert-OH is 1. The molecule has 10 rings (SSSR count). The molecule has 2 amide bonds. The normalized spacial score (nSPS) is 31.9. The molecule has 274 valence electrons. The number of aromatic nitrogens is 2. The van der Waals surface area contributed by atoms with Crippen LogP contribution in [0.2, 0.25) is 0 Å². The first-order valence-corrected chi connectivity index (χ1v) is 19.4. The lowest BCUT2D eigenvalue weighted by atomic mass is 9.53. The molecular weight excluding hydrogens is 654 g/mol. The second-order valence-corrected chi connectivity index (χ2v) is 16.6. The molecule has 2 aliphatic heterocycles. The number of nitrogens with zero attached hydrogens (tertiary/aromatic N) is 2. The van der Waals surface area contributed by atoms with Gasteiger partial charge in [0.1, 0.15) is 0 Å². The van der Waals surface area contributed by atoms with Crippen molar-refractivity contribution in [1.82, 2.24) is 19.8 Å². The van der Waals surface area contributed by atoms with Crippen molar-refractivity contribution in [3.05, 3.63) is 100.0 Å². The monoisotopic (exact) mass is 705 g/mol. The van der Waals surface area contributed by atoms with Gasteiger partial charge in [-0.15, -0.1) is 0 Å². The molecule has 3 heterocycles. The number of ether oxygens (including phenoxy) is 2. The van der Waals surface area contributed by atoms with Crippen LogP contribution in [0.5, 0.6) is 0 Å². The maximum absolute atomic E-state index is 13.2. The number of benzene rings is 3. The second kappa shape index (κ2) is 13.8. The van der Waals surface area contributed by atoms with Crippen LogP contribution in [0, 0.1) is 23.7 Å². The topological polar surface area (TPSA) is 121 Å². The Hall–Kier alpha value is -3.96. The molecule has 0 spiro atoms. The van der Waals surface area contributed by atoms with Crippen molar-refractivity contribution in [3.63, 3.8) is 0 Å². The number of piperidine rings is 1. The summed E-state index contributed by atoms with van der Waals surface area (Å²) >= 11 is 0. The van der Waals surface area contributed by atoms with Crippen LogP contribution in [0.15, 0.2) is 77.6 Å². The average molecular weight is 706 g/mol. The summed E-state index contributed by atoms with van der Waals surface area (Å²) in [6.07, 6.45) is 8.28. The molecule has 6 fully saturated rings. The van der Waals surface area contributed by atoms with Crippen molar-refractivity contribution in [2.24, 2.45) is 23.7 Å². The van der Waals surface area contributed by atoms with E-state index in [-0.39, 0.29) is 48.0 Å². The lowest BCUT2D eigenvalue weighted by Crippen LogP contribution is -2.60. The molecule has 6 aliphatic rings. The van der Waals surface area contributed by atoms with Gasteiger partial charge in [-0.3, -0.25) is 4.57 Å². The summed E-state index contributed by atoms with van der Waals surface area (Å²) in [4.78, 5) is 31.6. The van der Waals surface area contributed by atoms with E-state index < -0.39 is 6.29 Å². The minimum Gasteiger partial charge on any atom is -0.392 e. The Morgan fingerprint density at radius 2 is 1.54 bits per heavy atom. The highest BCUT2D eigenvalue weighted by Crippen LogP contribution is 2.55. The van der Waals surface area contributed by atoms with E-state index in [1.165, 1.54) is 19.3 Å². The fourth-order valence-corrected chi connectivity index (χ4v) is 10.8. The van der Waals surface area contributed by atoms with Gasteiger partial charge in [0.25, 0.3) is 0 Å². The van der Waals surface area contributed by atoms with Crippen LogP contribution in [0.4, 0.5) is 10.5 Å². The predicted octanol–water partition coefficient (Wildman–Crippen LogP) is 7.04. The molecular formula is C42H51N5O5. The molecule has 2 saturated heterocycles. The zero-order chi connectivity index (χ0) is 35.4. The van der Waals surface area contributed by atoms with Crippen molar-refractivity contribution < 1.29 is 19.4 Å². The Morgan fingerprint density at radius 3 is 2.21 bits per heavy atom. The number of hydrogen-bond donors (Lipinski definition) is 4. The average Bonchev–Trinajstić information content (AvgIpc) is 3.48. The van der Waals surface area contributed by atoms with Crippen LogP contribution >= 0.6 is 0 Å². The van der Waals surface area contributed by atoms with Gasteiger partial charge in [0.05, 0.1) is 29.8 Å². The lowest BCUT2D eigenvalue weighted by Gasteiger charge is -2.56. The molecule has 52 heavy (non-hydrogen) atoms. The van der Waals surface area contributed by atoms with Crippen molar-refractivity contribution >= 4 is 22.8 Å². The van der Waals surface area contributed by atoms with Gasteiger partial charge in [-0.25, -0.2) is 9.59 Å². The summed E-state index contributed by atoms with van der Waals surface area (Å²) < 4.78 is 15.4. The van der Waals surface area contributed by atoms with E-state index in [9.17, 15) is 14.7 Å². The van der Waals surface area contributed by atoms with Crippen LogP contribution in [0.25, 0.3) is 11.0 Å². The molecule has 10 nitrogen and oxygen atoms in total. The van der Waals surface area contributed by atoms with Gasteiger partial charge in [0.15, 0.2) is 6.29 Å². The number of H-pyrrole nitrogens is 1. The molecule has 0 unspecified atom stereocenters. The first-order chi connectivity index (χ1) is 25.3. The number of nitrogens with one attached hydrogen (secondary N) is 3. The van der Waals surface area contributed by atoms with E-state index >= 15 is 0 Å². The number of para-hydroxylation sites is 2. The fraction of sp³-hybridized carbons (Fsp3) is 0.524. The number of anilines is 1. The van der Waals surface area contributed by atoms with Crippen LogP contribution in [-0.2, 0) is 16.1 Å². The molecule has 4 saturated carbocycles. The molecule has 3 aromatic carbocycles. The number of carbonyl (C=O) groups is 1. The van der Waals surface area contributed by atoms with Crippen molar-refractivity contribution in [2.45, 2.75) is 95.0 Å². The van der Waals surface area contributed by atoms with Crippen LogP contribution in [0.3, 0.4) is 0 Å². The zero-order valence-electron chi connectivity index (χ0n) is 30.0. The van der Waals surface area contributed by atoms with Crippen molar-refractivity contribution in [3.8, 4) is 0 Å². The van der Waals surface area contributed by atoms with E-state index in [0.717, 1.165) is 103 Å². The summed E-state index contributed by atoms with van der Waals surface area (Å²) in [5, 5.41) is 16.2. The predicted molar refractivity (Wildman–Crippen MR) is 200 cm³/mol. The standard InChI is InChI=1S/C42H51N5O5/c1-26-37(24-46-16-14-34(15-17-46)47-36-5-3-2-4-35(36)44-41(47)50)51-39(52-38(26)31-8-6-27(25-48)7-9-31)32-10-12-33(13-11-32)43-40(49)45-42-21-28-18-29(22-42)20-30(19-28)23-42/h2-13,26,28-30,34,37-39,48H,14-25H2,1H3,(H,44,50)(H2,43,45,49)/t26-,28?,29?,30?,37+,38+,39+,42?/m0/s1. The maximum atomic E-state index is 13.2. The third kappa shape index (κ3) is 6.59. The van der Waals surface area contributed by atoms with E-state index in [0.29, 0.717) is 0 Å². The number of aromatic amines is 1. The summed E-state index contributed by atoms with van der Waals surface area (Å²) in [5.41, 5.74) is 5.34. The summed E-state index contributed by atoms with van der Waals surface area (Å²) in [7, 11) is 0. The SMILES string of the molecule is C[C@H]1[C@@H](CN2CCC(n3c(=O)[nH]c4ccccc43)CC2)O[C@@H](c2ccc(NC(=O)NC34CC5CC(CC(C5)C3)C4)cc2)O[C@H]1c1ccc(CO)cc1. The first kappa shape index (κ1) is 33.8. The minimum atomic E-state index is -0.582. The number of rotatable bonds is 8. The van der Waals surface area contributed by atoms with Crippen LogP contribution < -0.4 is 16.3 Å². The van der Waals surface area contributed by atoms with E-state index in [1.54, 1.807) is 0 Å². The molecule has 4 aliphatic carbocycles. The Balaban J connectivity index is 0.880. The van der Waals surface area contributed by atoms with Gasteiger partial charge in [0, 0.05) is 48.4 Å². The minimum absolute atomic E-state index is 0.00269. The Bertz CT molecular complexity index is 1910. The first-order valence-electron chi connectivity index (χ1n) is 19.4. The second-order valence-electron chi connectivity index (χ2n) is 16.6. The summed E-state index contributed by atoms with van der Waals surface area (Å²) in [6.45, 7) is 4.69. The van der Waals surface area contributed by atoms with Gasteiger partial charge in [-0.1, -0.05) is 55.5 Å². The molecule has 4 N–H and O–H groups in total. The quantitative estimate of drug-likeness (QED) is 0.156. The van der Waals surface area contributed by atoms with Crippen LogP contribution in [0.1, 0.15) is 93.4 Å². The number of fused-ring (bicyclic) bond motifs is 1. The third-order valence-electron chi connectivity index (χ3n) is 13.0. The number of urea groups is 1. The number of imidazole rings is 1. The fourth-order valence-electron chi connectivity index (χ4n) is 10.8. The molecule has 1 aromatic heterocycles. The third-order valence-corrected chi connectivity index (χ3v) is 13.0. The van der Waals surface area contributed by atoms with Crippen molar-refractivity contribution in [1.29, 1.82) is 0 Å². The number of aliphatic hydroxyl groups is 1. The molecule has 0 radical (unpaired) electrons. The van der Waals surface area contributed by atoms with Crippen LogP contribution in [-0.4, -0.2) is 56.9 Å². The number of amides is 2. The van der Waals surface area contributed by atoms with E-state index in [1.807, 2.05) is 77.4 Å². The van der Waals surface area contributed by atoms with E-state index in [2.05, 4.69) is 27.4 Å². The lowest BCUT2D eigenvalue weighted by molar-refractivity contribution is -0.276. The Kier molecular flexibility index (Phi) is 8.97. The van der Waals surface area contributed by atoms with Gasteiger partial charge in [-0.05, 0) is 105 Å². The highest BCUT2D eigenvalue weighted by Gasteiger charge is 2.51. The Labute approximate surface area is 304 Å². The maximum Gasteiger partial charge on any atom is 0.326 e. The van der Waals surface area contributed by atoms with Gasteiger partial charge in [-0.2, -0.15) is 0 Å².